The van der Waals surface area contributed by atoms with Crippen molar-refractivity contribution in [3.05, 3.63) is 240 Å². The molecule has 90 heavy (non-hydrogen) atoms. The van der Waals surface area contributed by atoms with Crippen molar-refractivity contribution in [1.29, 1.82) is 0 Å². The van der Waals surface area contributed by atoms with Crippen LogP contribution in [0.3, 0.4) is 0 Å². The SMILES string of the molecule is Cc1cc(-c2c(C)ccc3c2oc2ncccc23)[n+](C)cc1C.Cc1ccc(-c2c(C)ccc3c2oc2ncccc23)[n+](C)c1.Cc1ccc2c(oc3ncccc32)c1-c1cc(C(C)C)cc[n+]1C.Cc1ccc2c(oc3ncccc32)c1-c1cccc[n+]1C. The molecule has 0 unspecified atom stereocenters. The summed E-state index contributed by atoms with van der Waals surface area (Å²) in [4.78, 5) is 17.4. The smallest absolute Gasteiger partial charge is 0.227 e. The topological polar surface area (TPSA) is 120 Å². The lowest BCUT2D eigenvalue weighted by Crippen LogP contribution is -2.31. The predicted molar refractivity (Wildman–Crippen MR) is 360 cm³/mol. The molecular formula is C78H72N8O4+4. The summed E-state index contributed by atoms with van der Waals surface area (Å²) in [6.07, 6.45) is 15.6. The third-order valence-corrected chi connectivity index (χ3v) is 17.4. The van der Waals surface area contributed by atoms with E-state index in [0.717, 1.165) is 105 Å². The first-order valence-electron chi connectivity index (χ1n) is 30.5. The average Bonchev–Trinajstić information content (AvgIpc) is 1.62. The van der Waals surface area contributed by atoms with Crippen molar-refractivity contribution in [2.24, 2.45) is 28.2 Å². The number of pyridine rings is 8. The Labute approximate surface area is 522 Å². The fourth-order valence-electron chi connectivity index (χ4n) is 12.5. The Hall–Kier alpha value is -10.7. The van der Waals surface area contributed by atoms with Crippen LogP contribution in [0.4, 0.5) is 0 Å². The van der Waals surface area contributed by atoms with E-state index in [4.69, 9.17) is 17.7 Å². The van der Waals surface area contributed by atoms with E-state index in [2.05, 4.69) is 269 Å². The summed E-state index contributed by atoms with van der Waals surface area (Å²) < 4.78 is 33.0. The van der Waals surface area contributed by atoms with Gasteiger partial charge in [0, 0.05) is 115 Å². The van der Waals surface area contributed by atoms with Crippen LogP contribution >= 0.6 is 0 Å². The molecule has 0 saturated heterocycles. The van der Waals surface area contributed by atoms with E-state index in [1.165, 1.54) is 50.2 Å². The minimum Gasteiger partial charge on any atom is -0.437 e. The summed E-state index contributed by atoms with van der Waals surface area (Å²) in [5.41, 5.74) is 25.5. The van der Waals surface area contributed by atoms with Gasteiger partial charge in [-0.3, -0.25) is 0 Å². The second-order valence-electron chi connectivity index (χ2n) is 24.0. The summed E-state index contributed by atoms with van der Waals surface area (Å²) in [5, 5.41) is 8.72. The highest BCUT2D eigenvalue weighted by Crippen LogP contribution is 2.41. The average molecular weight is 1190 g/mol. The van der Waals surface area contributed by atoms with E-state index in [9.17, 15) is 0 Å². The van der Waals surface area contributed by atoms with Crippen molar-refractivity contribution >= 4 is 88.3 Å². The standard InChI is InChI=1S/C21H21N2O.C20H19N2O.C19H17N2O.C18H15N2O/c1-13(2)15-9-11-23(4)18(12-15)19-14(3)7-8-16-17-6-5-10-22-21(17)24-20(16)19;1-12-7-8-15-16-6-5-9-21-20(16)23-19(15)18(12)17-10-13(2)14(3)11-22(17)4;1-12-6-9-16(21(3)11-12)17-13(2)7-8-14-15-5-4-10-20-19(15)22-18(14)17;1-12-8-9-13-14-6-5-10-19-18(14)21-17(13)16(12)15-7-3-4-11-20(15)2/h5-13H,1-4H3;5-11H,1-4H3;4-11H,1-3H3;3-11H,1-2H3/q4*+1. The van der Waals surface area contributed by atoms with E-state index < -0.39 is 0 Å². The monoisotopic (exact) mass is 1180 g/mol. The Morgan fingerprint density at radius 2 is 0.689 bits per heavy atom. The number of nitrogens with zero attached hydrogens (tertiary/aromatic N) is 8. The molecule has 16 aromatic rings. The van der Waals surface area contributed by atoms with Gasteiger partial charge in [-0.15, -0.1) is 0 Å². The van der Waals surface area contributed by atoms with Gasteiger partial charge in [0.15, 0.2) is 47.1 Å². The molecule has 0 spiro atoms. The van der Waals surface area contributed by atoms with Crippen LogP contribution in [0.1, 0.15) is 64.3 Å². The molecule has 444 valence electrons. The maximum Gasteiger partial charge on any atom is 0.227 e. The molecule has 16 rings (SSSR count). The van der Waals surface area contributed by atoms with Crippen molar-refractivity contribution in [2.45, 2.75) is 68.2 Å². The maximum atomic E-state index is 6.15. The summed E-state index contributed by atoms with van der Waals surface area (Å²) >= 11 is 0. The van der Waals surface area contributed by atoms with Gasteiger partial charge in [0.1, 0.15) is 28.2 Å². The Balaban J connectivity index is 0.000000110. The van der Waals surface area contributed by atoms with Crippen molar-refractivity contribution in [2.75, 3.05) is 0 Å². The quantitative estimate of drug-likeness (QED) is 0.156. The summed E-state index contributed by atoms with van der Waals surface area (Å²) in [5.74, 6) is 0.488. The number of furan rings is 4. The predicted octanol–water partition coefficient (Wildman–Crippen LogP) is 17.2. The lowest BCUT2D eigenvalue weighted by Gasteiger charge is -2.09. The first-order chi connectivity index (χ1) is 43.5. The normalized spacial score (nSPS) is 11.5. The van der Waals surface area contributed by atoms with E-state index in [1.54, 1.807) is 24.8 Å². The highest BCUT2D eigenvalue weighted by atomic mass is 16.4. The van der Waals surface area contributed by atoms with Crippen LogP contribution in [0.2, 0.25) is 0 Å². The van der Waals surface area contributed by atoms with E-state index in [1.807, 2.05) is 30.3 Å². The van der Waals surface area contributed by atoms with Crippen molar-refractivity contribution in [3.8, 4) is 45.0 Å². The van der Waals surface area contributed by atoms with Gasteiger partial charge in [-0.2, -0.15) is 0 Å². The molecule has 0 fully saturated rings. The second-order valence-corrected chi connectivity index (χ2v) is 24.0. The van der Waals surface area contributed by atoms with Crippen LogP contribution in [0.5, 0.6) is 0 Å². The summed E-state index contributed by atoms with van der Waals surface area (Å²) in [6, 6.07) is 50.3. The lowest BCUT2D eigenvalue weighted by atomic mass is 9.97. The van der Waals surface area contributed by atoms with E-state index in [0.29, 0.717) is 28.8 Å². The number of hydrogen-bond donors (Lipinski definition) is 0. The van der Waals surface area contributed by atoms with Gasteiger partial charge in [-0.1, -0.05) is 62.4 Å². The Morgan fingerprint density at radius 3 is 1.09 bits per heavy atom. The van der Waals surface area contributed by atoms with Crippen LogP contribution in [0.15, 0.2) is 213 Å². The molecule has 0 aliphatic heterocycles. The first-order valence-corrected chi connectivity index (χ1v) is 30.5. The van der Waals surface area contributed by atoms with Gasteiger partial charge in [0.25, 0.3) is 0 Å². The number of hydrogen-bond acceptors (Lipinski definition) is 8. The molecule has 0 aliphatic rings. The van der Waals surface area contributed by atoms with Crippen LogP contribution in [-0.4, -0.2) is 19.9 Å². The Bertz CT molecular complexity index is 5450. The third-order valence-electron chi connectivity index (χ3n) is 17.4. The van der Waals surface area contributed by atoms with Gasteiger partial charge >= 0.3 is 0 Å². The zero-order valence-corrected chi connectivity index (χ0v) is 53.3. The van der Waals surface area contributed by atoms with E-state index >= 15 is 0 Å². The van der Waals surface area contributed by atoms with Gasteiger partial charge in [-0.25, -0.2) is 38.2 Å². The van der Waals surface area contributed by atoms with Crippen LogP contribution in [0, 0.1) is 48.5 Å². The summed E-state index contributed by atoms with van der Waals surface area (Å²) in [6.45, 7) is 19.3. The zero-order valence-electron chi connectivity index (χ0n) is 53.3. The van der Waals surface area contributed by atoms with Crippen molar-refractivity contribution in [1.82, 2.24) is 19.9 Å². The molecule has 12 heteroatoms. The van der Waals surface area contributed by atoms with Crippen LogP contribution < -0.4 is 18.3 Å². The Morgan fingerprint density at radius 1 is 0.311 bits per heavy atom. The number of fused-ring (bicyclic) bond motifs is 12. The molecule has 12 nitrogen and oxygen atoms in total. The zero-order chi connectivity index (χ0) is 62.6. The number of aryl methyl sites for hydroxylation is 11. The molecule has 0 bridgehead atoms. The van der Waals surface area contributed by atoms with Gasteiger partial charge in [0.2, 0.25) is 45.6 Å². The van der Waals surface area contributed by atoms with Crippen molar-refractivity contribution in [3.63, 3.8) is 0 Å². The van der Waals surface area contributed by atoms with Crippen LogP contribution in [0.25, 0.3) is 133 Å². The first kappa shape index (κ1) is 58.3. The molecule has 12 heterocycles. The molecule has 4 aromatic carbocycles. The highest BCUT2D eigenvalue weighted by Gasteiger charge is 2.26. The second kappa shape index (κ2) is 23.8. The molecule has 0 atom stereocenters. The number of aromatic nitrogens is 8. The minimum absolute atomic E-state index is 0.488. The molecule has 12 aromatic heterocycles. The molecule has 0 saturated carbocycles. The lowest BCUT2D eigenvalue weighted by molar-refractivity contribution is -0.660. The van der Waals surface area contributed by atoms with Gasteiger partial charge < -0.3 is 17.7 Å². The van der Waals surface area contributed by atoms with Gasteiger partial charge in [0.05, 0.1) is 22.3 Å². The Kier molecular flexibility index (Phi) is 15.4. The maximum absolute atomic E-state index is 6.15. The minimum atomic E-state index is 0.488. The number of benzene rings is 4. The molecular weight excluding hydrogens is 1110 g/mol. The molecule has 0 radical (unpaired) electrons. The van der Waals surface area contributed by atoms with Gasteiger partial charge in [-0.05, 0) is 148 Å². The largest absolute Gasteiger partial charge is 0.437 e. The van der Waals surface area contributed by atoms with Crippen LogP contribution in [-0.2, 0) is 28.2 Å². The number of rotatable bonds is 5. The fraction of sp³-hybridized carbons (Fsp3) is 0.179. The highest BCUT2D eigenvalue weighted by molar-refractivity contribution is 6.11. The van der Waals surface area contributed by atoms with Crippen molar-refractivity contribution < 1.29 is 35.9 Å². The molecule has 0 amide bonds. The third kappa shape index (κ3) is 10.6. The summed E-state index contributed by atoms with van der Waals surface area (Å²) in [7, 11) is 8.29. The molecule has 0 aliphatic carbocycles. The fourth-order valence-corrected chi connectivity index (χ4v) is 12.5. The van der Waals surface area contributed by atoms with E-state index in [-0.39, 0.29) is 0 Å². The molecule has 0 N–H and O–H groups in total.